The normalized spacial score (nSPS) is 11.7. The topological polar surface area (TPSA) is 62.6 Å². The lowest BCUT2D eigenvalue weighted by molar-refractivity contribution is -0.862. The molecule has 2 aromatic rings. The number of rotatable bonds is 6. The van der Waals surface area contributed by atoms with E-state index < -0.39 is 17.5 Å². The molecular weight excluding hydrogens is 352 g/mol. The standard InChI is InChI=1S/C17H16ClF2N3O2/c1-23(9-16(24)21-13-5-2-11(18)3-6-13)10-17(25)22-15-7-4-12(19)8-14(15)20/h2-8H,9-10H2,1H3,(H,21,24)(H,22,25)/p+1. The number of benzene rings is 2. The first-order chi connectivity index (χ1) is 11.8. The third-order valence-electron chi connectivity index (χ3n) is 3.26. The van der Waals surface area contributed by atoms with E-state index in [9.17, 15) is 18.4 Å². The van der Waals surface area contributed by atoms with Crippen molar-refractivity contribution in [1.82, 2.24) is 0 Å². The van der Waals surface area contributed by atoms with E-state index in [-0.39, 0.29) is 24.7 Å². The third kappa shape index (κ3) is 6.13. The molecule has 1 unspecified atom stereocenters. The van der Waals surface area contributed by atoms with Crippen molar-refractivity contribution < 1.29 is 23.3 Å². The minimum absolute atomic E-state index is 0.0436. The Bertz CT molecular complexity index is 769. The maximum atomic E-state index is 13.5. The fourth-order valence-corrected chi connectivity index (χ4v) is 2.26. The quantitative estimate of drug-likeness (QED) is 0.727. The van der Waals surface area contributed by atoms with Crippen LogP contribution in [0.3, 0.4) is 0 Å². The summed E-state index contributed by atoms with van der Waals surface area (Å²) in [7, 11) is 1.65. The van der Waals surface area contributed by atoms with Gasteiger partial charge in [-0.2, -0.15) is 0 Å². The summed E-state index contributed by atoms with van der Waals surface area (Å²) in [5.74, 6) is -2.34. The van der Waals surface area contributed by atoms with Gasteiger partial charge in [0.15, 0.2) is 13.1 Å². The van der Waals surface area contributed by atoms with Crippen molar-refractivity contribution in [3.8, 4) is 0 Å². The summed E-state index contributed by atoms with van der Waals surface area (Å²) in [5.41, 5.74) is 0.491. The highest BCUT2D eigenvalue weighted by Gasteiger charge is 2.16. The molecule has 0 heterocycles. The van der Waals surface area contributed by atoms with Crippen LogP contribution in [0.25, 0.3) is 0 Å². The van der Waals surface area contributed by atoms with Crippen molar-refractivity contribution in [2.45, 2.75) is 0 Å². The van der Waals surface area contributed by atoms with Crippen LogP contribution >= 0.6 is 11.6 Å². The summed E-state index contributed by atoms with van der Waals surface area (Å²) in [5, 5.41) is 5.60. The molecule has 3 N–H and O–H groups in total. The zero-order valence-corrected chi connectivity index (χ0v) is 14.2. The average molecular weight is 369 g/mol. The first-order valence-electron chi connectivity index (χ1n) is 7.45. The summed E-state index contributed by atoms with van der Waals surface area (Å²) in [6.45, 7) is -0.00714. The maximum absolute atomic E-state index is 13.5. The van der Waals surface area contributed by atoms with E-state index in [1.54, 1.807) is 31.3 Å². The lowest BCUT2D eigenvalue weighted by Crippen LogP contribution is -3.11. The highest BCUT2D eigenvalue weighted by molar-refractivity contribution is 6.30. The smallest absolute Gasteiger partial charge is 0.279 e. The van der Waals surface area contributed by atoms with Gasteiger partial charge in [0.2, 0.25) is 0 Å². The van der Waals surface area contributed by atoms with Crippen molar-refractivity contribution in [3.05, 3.63) is 59.1 Å². The van der Waals surface area contributed by atoms with Crippen LogP contribution in [-0.4, -0.2) is 32.0 Å². The molecule has 0 fully saturated rings. The number of hydrogen-bond acceptors (Lipinski definition) is 2. The van der Waals surface area contributed by atoms with Crippen LogP contribution in [0.5, 0.6) is 0 Å². The number of quaternary nitrogens is 1. The van der Waals surface area contributed by atoms with E-state index in [4.69, 9.17) is 11.6 Å². The summed E-state index contributed by atoms with van der Waals surface area (Å²) >= 11 is 5.77. The summed E-state index contributed by atoms with van der Waals surface area (Å²) < 4.78 is 26.3. The van der Waals surface area contributed by atoms with Crippen LogP contribution in [0, 0.1) is 11.6 Å². The zero-order chi connectivity index (χ0) is 18.4. The molecule has 0 spiro atoms. The molecule has 0 aromatic heterocycles. The summed E-state index contributed by atoms with van der Waals surface area (Å²) in [4.78, 5) is 24.4. The predicted molar refractivity (Wildman–Crippen MR) is 91.7 cm³/mol. The van der Waals surface area contributed by atoms with Crippen LogP contribution in [0.15, 0.2) is 42.5 Å². The molecule has 0 aliphatic rings. The molecule has 0 aliphatic heterocycles. The SMILES string of the molecule is C[NH+](CC(=O)Nc1ccc(Cl)cc1)CC(=O)Nc1ccc(F)cc1F. The second-order valence-corrected chi connectivity index (χ2v) is 5.97. The Morgan fingerprint density at radius 1 is 1.00 bits per heavy atom. The maximum Gasteiger partial charge on any atom is 0.279 e. The Morgan fingerprint density at radius 2 is 1.60 bits per heavy atom. The number of halogens is 3. The number of likely N-dealkylation sites (N-methyl/N-ethyl adjacent to an activating group) is 1. The highest BCUT2D eigenvalue weighted by Crippen LogP contribution is 2.14. The van der Waals surface area contributed by atoms with Crippen molar-refractivity contribution in [2.24, 2.45) is 0 Å². The molecule has 0 aliphatic carbocycles. The molecule has 8 heteroatoms. The molecule has 0 saturated heterocycles. The van der Waals surface area contributed by atoms with Crippen molar-refractivity contribution in [1.29, 1.82) is 0 Å². The first kappa shape index (κ1) is 18.8. The number of carbonyl (C=O) groups excluding carboxylic acids is 2. The van der Waals surface area contributed by atoms with E-state index >= 15 is 0 Å². The lowest BCUT2D eigenvalue weighted by Gasteiger charge is -2.14. The number of carbonyl (C=O) groups is 2. The van der Waals surface area contributed by atoms with Gasteiger partial charge >= 0.3 is 0 Å². The third-order valence-corrected chi connectivity index (χ3v) is 3.51. The molecule has 2 amide bonds. The predicted octanol–water partition coefficient (Wildman–Crippen LogP) is 1.71. The molecule has 132 valence electrons. The van der Waals surface area contributed by atoms with E-state index in [2.05, 4.69) is 10.6 Å². The molecule has 0 saturated carbocycles. The molecule has 5 nitrogen and oxygen atoms in total. The van der Waals surface area contributed by atoms with Crippen molar-refractivity contribution in [2.75, 3.05) is 30.8 Å². The number of nitrogens with one attached hydrogen (secondary N) is 3. The van der Waals surface area contributed by atoms with Gasteiger partial charge in [0, 0.05) is 16.8 Å². The number of hydrogen-bond donors (Lipinski definition) is 3. The van der Waals surface area contributed by atoms with Gasteiger partial charge in [-0.1, -0.05) is 11.6 Å². The van der Waals surface area contributed by atoms with Gasteiger partial charge in [0.05, 0.1) is 12.7 Å². The van der Waals surface area contributed by atoms with Crippen LogP contribution in [0.2, 0.25) is 5.02 Å². The van der Waals surface area contributed by atoms with Crippen molar-refractivity contribution in [3.63, 3.8) is 0 Å². The minimum atomic E-state index is -0.855. The molecule has 25 heavy (non-hydrogen) atoms. The molecule has 0 radical (unpaired) electrons. The molecule has 2 aromatic carbocycles. The zero-order valence-electron chi connectivity index (χ0n) is 13.4. The van der Waals surface area contributed by atoms with Crippen molar-refractivity contribution >= 4 is 34.8 Å². The van der Waals surface area contributed by atoms with Crippen LogP contribution in [-0.2, 0) is 9.59 Å². The number of anilines is 2. The fourth-order valence-electron chi connectivity index (χ4n) is 2.13. The summed E-state index contributed by atoms with van der Waals surface area (Å²) in [6.07, 6.45) is 0. The Hall–Kier alpha value is -2.51. The van der Waals surface area contributed by atoms with E-state index in [1.165, 1.54) is 0 Å². The largest absolute Gasteiger partial charge is 0.322 e. The van der Waals surface area contributed by atoms with E-state index in [0.717, 1.165) is 12.1 Å². The average Bonchev–Trinajstić information content (AvgIpc) is 2.52. The Kier molecular flexibility index (Phi) is 6.44. The molecule has 2 rings (SSSR count). The van der Waals surface area contributed by atoms with Gasteiger partial charge in [-0.05, 0) is 36.4 Å². The number of amides is 2. The Labute approximate surface area is 148 Å². The Balaban J connectivity index is 1.82. The molecule has 1 atom stereocenters. The van der Waals surface area contributed by atoms with Gasteiger partial charge in [-0.3, -0.25) is 9.59 Å². The highest BCUT2D eigenvalue weighted by atomic mass is 35.5. The summed E-state index contributed by atoms with van der Waals surface area (Å²) in [6, 6.07) is 9.52. The van der Waals surface area contributed by atoms with Gasteiger partial charge in [-0.15, -0.1) is 0 Å². The Morgan fingerprint density at radius 3 is 2.20 bits per heavy atom. The van der Waals surface area contributed by atoms with Gasteiger partial charge < -0.3 is 15.5 Å². The second kappa shape index (κ2) is 8.55. The second-order valence-electron chi connectivity index (χ2n) is 5.54. The van der Waals surface area contributed by atoms with E-state index in [0.29, 0.717) is 21.7 Å². The monoisotopic (exact) mass is 368 g/mol. The van der Waals surface area contributed by atoms with Gasteiger partial charge in [0.25, 0.3) is 11.8 Å². The van der Waals surface area contributed by atoms with Crippen LogP contribution < -0.4 is 15.5 Å². The first-order valence-corrected chi connectivity index (χ1v) is 7.83. The lowest BCUT2D eigenvalue weighted by atomic mass is 10.3. The fraction of sp³-hybridized carbons (Fsp3) is 0.176. The molecular formula is C17H17ClF2N3O2+. The minimum Gasteiger partial charge on any atom is -0.322 e. The van der Waals surface area contributed by atoms with Crippen LogP contribution in [0.1, 0.15) is 0 Å². The van der Waals surface area contributed by atoms with E-state index in [1.807, 2.05) is 0 Å². The van der Waals surface area contributed by atoms with Gasteiger partial charge in [-0.25, -0.2) is 8.78 Å². The van der Waals surface area contributed by atoms with Crippen LogP contribution in [0.4, 0.5) is 20.2 Å². The molecule has 0 bridgehead atoms. The van der Waals surface area contributed by atoms with Gasteiger partial charge in [0.1, 0.15) is 11.6 Å².